The Hall–Kier alpha value is -1.65. The molecule has 0 radical (unpaired) electrons. The first-order valence-electron chi connectivity index (χ1n) is 6.47. The van der Waals surface area contributed by atoms with E-state index in [4.69, 9.17) is 22.5 Å². The van der Waals surface area contributed by atoms with Crippen LogP contribution in [0.15, 0.2) is 46.4 Å². The van der Waals surface area contributed by atoms with Gasteiger partial charge in [-0.05, 0) is 37.1 Å². The largest absolute Gasteiger partial charge is 0.409 e. The summed E-state index contributed by atoms with van der Waals surface area (Å²) in [5.41, 5.74) is 9.70. The fourth-order valence-corrected chi connectivity index (χ4v) is 3.35. The molecule has 2 aromatic carbocycles. The first kappa shape index (κ1) is 15.7. The van der Waals surface area contributed by atoms with Crippen molar-refractivity contribution in [2.75, 3.05) is 0 Å². The summed E-state index contributed by atoms with van der Waals surface area (Å²) in [5, 5.41) is 12.3. The van der Waals surface area contributed by atoms with E-state index in [1.807, 2.05) is 6.07 Å². The highest BCUT2D eigenvalue weighted by Crippen LogP contribution is 2.30. The van der Waals surface area contributed by atoms with Crippen molar-refractivity contribution in [2.24, 2.45) is 10.9 Å². The molecule has 3 nitrogen and oxygen atoms in total. The summed E-state index contributed by atoms with van der Waals surface area (Å²) in [5.74, 6) is 0.838. The third-order valence-electron chi connectivity index (χ3n) is 3.18. The molecule has 0 atom stereocenters. The Morgan fingerprint density at radius 3 is 2.67 bits per heavy atom. The van der Waals surface area contributed by atoms with Crippen LogP contribution in [0.25, 0.3) is 0 Å². The summed E-state index contributed by atoms with van der Waals surface area (Å²) in [4.78, 5) is 1.26. The molecule has 0 aliphatic rings. The van der Waals surface area contributed by atoms with Gasteiger partial charge in [-0.3, -0.25) is 0 Å². The zero-order valence-corrected chi connectivity index (χ0v) is 13.5. The maximum atomic E-state index is 8.67. The standard InChI is InChI=1S/C16H17ClN2OS/c1-10-3-4-11(2)15(7-10)21-9-13-6-5-12(8-14(13)17)16(18)19-20/h3-8,20H,9H2,1-2H3,(H2,18,19). The summed E-state index contributed by atoms with van der Waals surface area (Å²) in [6.07, 6.45) is 0. The third kappa shape index (κ3) is 3.93. The van der Waals surface area contributed by atoms with Crippen LogP contribution in [-0.4, -0.2) is 11.0 Å². The van der Waals surface area contributed by atoms with Crippen LogP contribution in [0.4, 0.5) is 0 Å². The number of benzene rings is 2. The smallest absolute Gasteiger partial charge is 0.170 e. The van der Waals surface area contributed by atoms with Crippen LogP contribution in [0.1, 0.15) is 22.3 Å². The first-order chi connectivity index (χ1) is 10.0. The monoisotopic (exact) mass is 320 g/mol. The normalized spacial score (nSPS) is 11.7. The van der Waals surface area contributed by atoms with E-state index in [0.717, 1.165) is 11.3 Å². The lowest BCUT2D eigenvalue weighted by atomic mass is 10.1. The fourth-order valence-electron chi connectivity index (χ4n) is 1.90. The van der Waals surface area contributed by atoms with E-state index in [2.05, 4.69) is 37.2 Å². The van der Waals surface area contributed by atoms with Crippen molar-refractivity contribution in [3.8, 4) is 0 Å². The molecule has 2 aromatic rings. The minimum absolute atomic E-state index is 0.0608. The van der Waals surface area contributed by atoms with E-state index < -0.39 is 0 Å². The van der Waals surface area contributed by atoms with Crippen molar-refractivity contribution in [1.29, 1.82) is 0 Å². The van der Waals surface area contributed by atoms with Gasteiger partial charge in [-0.25, -0.2) is 0 Å². The molecule has 5 heteroatoms. The average Bonchev–Trinajstić information content (AvgIpc) is 2.48. The summed E-state index contributed by atoms with van der Waals surface area (Å²) in [7, 11) is 0. The Balaban J connectivity index is 2.15. The molecule has 3 N–H and O–H groups in total. The lowest BCUT2D eigenvalue weighted by Crippen LogP contribution is -2.12. The molecular weight excluding hydrogens is 304 g/mol. The van der Waals surface area contributed by atoms with Gasteiger partial charge in [0.25, 0.3) is 0 Å². The van der Waals surface area contributed by atoms with Crippen LogP contribution in [0, 0.1) is 13.8 Å². The van der Waals surface area contributed by atoms with Gasteiger partial charge in [-0.1, -0.05) is 46.6 Å². The molecule has 110 valence electrons. The molecule has 0 heterocycles. The number of hydrogen-bond donors (Lipinski definition) is 2. The zero-order chi connectivity index (χ0) is 15.4. The first-order valence-corrected chi connectivity index (χ1v) is 7.84. The Morgan fingerprint density at radius 2 is 2.00 bits per heavy atom. The number of rotatable bonds is 4. The van der Waals surface area contributed by atoms with Gasteiger partial charge in [-0.2, -0.15) is 0 Å². The van der Waals surface area contributed by atoms with Gasteiger partial charge < -0.3 is 10.9 Å². The highest BCUT2D eigenvalue weighted by molar-refractivity contribution is 7.98. The molecule has 0 unspecified atom stereocenters. The number of nitrogens with zero attached hydrogens (tertiary/aromatic N) is 1. The van der Waals surface area contributed by atoms with Gasteiger partial charge in [0.05, 0.1) is 0 Å². The van der Waals surface area contributed by atoms with Crippen molar-refractivity contribution in [3.05, 3.63) is 63.7 Å². The molecule has 0 saturated carbocycles. The molecule has 0 aromatic heterocycles. The minimum Gasteiger partial charge on any atom is -0.409 e. The molecule has 21 heavy (non-hydrogen) atoms. The number of aryl methyl sites for hydroxylation is 2. The van der Waals surface area contributed by atoms with Crippen LogP contribution >= 0.6 is 23.4 Å². The highest BCUT2D eigenvalue weighted by Gasteiger charge is 2.07. The minimum atomic E-state index is 0.0608. The summed E-state index contributed by atoms with van der Waals surface area (Å²) >= 11 is 8.02. The van der Waals surface area contributed by atoms with Gasteiger partial charge in [0.15, 0.2) is 5.84 Å². The number of oxime groups is 1. The number of nitrogens with two attached hydrogens (primary N) is 1. The topological polar surface area (TPSA) is 58.6 Å². The summed E-state index contributed by atoms with van der Waals surface area (Å²) in [6, 6.07) is 11.8. The lowest BCUT2D eigenvalue weighted by Gasteiger charge is -2.09. The molecule has 0 aliphatic carbocycles. The highest BCUT2D eigenvalue weighted by atomic mass is 35.5. The number of amidine groups is 1. The second-order valence-corrected chi connectivity index (χ2v) is 6.27. The maximum Gasteiger partial charge on any atom is 0.170 e. The fraction of sp³-hybridized carbons (Fsp3) is 0.188. The molecule has 0 fully saturated rings. The van der Waals surface area contributed by atoms with Gasteiger partial charge in [0.1, 0.15) is 0 Å². The Kier molecular flexibility index (Phi) is 5.15. The van der Waals surface area contributed by atoms with Crippen LogP contribution < -0.4 is 5.73 Å². The summed E-state index contributed by atoms with van der Waals surface area (Å²) < 4.78 is 0. The molecule has 2 rings (SSSR count). The van der Waals surface area contributed by atoms with Crippen molar-refractivity contribution in [1.82, 2.24) is 0 Å². The van der Waals surface area contributed by atoms with Crippen molar-refractivity contribution >= 4 is 29.2 Å². The molecule has 0 saturated heterocycles. The number of thioether (sulfide) groups is 1. The Morgan fingerprint density at radius 1 is 1.24 bits per heavy atom. The van der Waals surface area contributed by atoms with Crippen LogP contribution in [-0.2, 0) is 5.75 Å². The maximum absolute atomic E-state index is 8.67. The SMILES string of the molecule is Cc1ccc(C)c(SCc2ccc(/C(N)=N/O)cc2Cl)c1. The quantitative estimate of drug-likeness (QED) is 0.289. The van der Waals surface area contributed by atoms with Gasteiger partial charge in [0, 0.05) is 21.2 Å². The van der Waals surface area contributed by atoms with Crippen LogP contribution in [0.3, 0.4) is 0 Å². The Labute approximate surface area is 133 Å². The molecule has 0 bridgehead atoms. The van der Waals surface area contributed by atoms with Crippen molar-refractivity contribution in [3.63, 3.8) is 0 Å². The second-order valence-electron chi connectivity index (χ2n) is 4.85. The number of hydrogen-bond acceptors (Lipinski definition) is 3. The van der Waals surface area contributed by atoms with E-state index in [0.29, 0.717) is 10.6 Å². The van der Waals surface area contributed by atoms with Crippen molar-refractivity contribution in [2.45, 2.75) is 24.5 Å². The Bertz CT molecular complexity index is 686. The lowest BCUT2D eigenvalue weighted by molar-refractivity contribution is 0.318. The van der Waals surface area contributed by atoms with E-state index in [1.165, 1.54) is 16.0 Å². The van der Waals surface area contributed by atoms with Crippen molar-refractivity contribution < 1.29 is 5.21 Å². The van der Waals surface area contributed by atoms with Crippen LogP contribution in [0.5, 0.6) is 0 Å². The van der Waals surface area contributed by atoms with Crippen LogP contribution in [0.2, 0.25) is 5.02 Å². The van der Waals surface area contributed by atoms with E-state index in [9.17, 15) is 0 Å². The average molecular weight is 321 g/mol. The molecular formula is C16H17ClN2OS. The molecule has 0 spiro atoms. The van der Waals surface area contributed by atoms with E-state index in [1.54, 1.807) is 23.9 Å². The van der Waals surface area contributed by atoms with Gasteiger partial charge in [-0.15, -0.1) is 11.8 Å². The zero-order valence-electron chi connectivity index (χ0n) is 11.9. The second kappa shape index (κ2) is 6.87. The van der Waals surface area contributed by atoms with Gasteiger partial charge in [0.2, 0.25) is 0 Å². The predicted molar refractivity (Wildman–Crippen MR) is 89.4 cm³/mol. The third-order valence-corrected chi connectivity index (χ3v) is 4.74. The molecule has 0 aliphatic heterocycles. The predicted octanol–water partition coefficient (Wildman–Crippen LogP) is 4.34. The van der Waals surface area contributed by atoms with E-state index in [-0.39, 0.29) is 5.84 Å². The molecule has 0 amide bonds. The summed E-state index contributed by atoms with van der Waals surface area (Å²) in [6.45, 7) is 4.19. The number of halogens is 1. The van der Waals surface area contributed by atoms with Gasteiger partial charge >= 0.3 is 0 Å². The van der Waals surface area contributed by atoms with E-state index >= 15 is 0 Å².